The Hall–Kier alpha value is -1.27. The van der Waals surface area contributed by atoms with Gasteiger partial charge in [-0.15, -0.1) is 0 Å². The van der Waals surface area contributed by atoms with Gasteiger partial charge in [-0.2, -0.15) is 0 Å². The molecular weight excluding hydrogens is 372 g/mol. The molecule has 2 saturated carbocycles. The van der Waals surface area contributed by atoms with Crippen LogP contribution in [0.3, 0.4) is 0 Å². The first kappa shape index (κ1) is 21.4. The van der Waals surface area contributed by atoms with Crippen LogP contribution in [-0.2, 0) is 10.0 Å². The molecule has 28 heavy (non-hydrogen) atoms. The van der Waals surface area contributed by atoms with Crippen molar-refractivity contribution in [2.75, 3.05) is 18.5 Å². The molecule has 0 spiro atoms. The van der Waals surface area contributed by atoms with E-state index in [4.69, 9.17) is 4.74 Å². The van der Waals surface area contributed by atoms with Crippen LogP contribution >= 0.6 is 0 Å². The summed E-state index contributed by atoms with van der Waals surface area (Å²) in [4.78, 5) is 0. The number of hydrogen-bond acceptors (Lipinski definition) is 4. The zero-order valence-corrected chi connectivity index (χ0v) is 18.6. The van der Waals surface area contributed by atoms with Crippen LogP contribution in [0.1, 0.15) is 63.5 Å². The Morgan fingerprint density at radius 2 is 1.64 bits per heavy atom. The van der Waals surface area contributed by atoms with E-state index in [9.17, 15) is 8.42 Å². The van der Waals surface area contributed by atoms with Crippen LogP contribution in [0.15, 0.2) is 12.1 Å². The van der Waals surface area contributed by atoms with Gasteiger partial charge in [-0.25, -0.2) is 13.1 Å². The van der Waals surface area contributed by atoms with E-state index >= 15 is 0 Å². The van der Waals surface area contributed by atoms with Crippen molar-refractivity contribution in [3.05, 3.63) is 23.3 Å². The van der Waals surface area contributed by atoms with Gasteiger partial charge in [0.25, 0.3) is 0 Å². The smallest absolute Gasteiger partial charge is 0.214 e. The van der Waals surface area contributed by atoms with E-state index < -0.39 is 10.0 Å². The van der Waals surface area contributed by atoms with Gasteiger partial charge in [-0.3, -0.25) is 0 Å². The largest absolute Gasteiger partial charge is 0.493 e. The van der Waals surface area contributed by atoms with Crippen LogP contribution in [0.25, 0.3) is 0 Å². The standard InChI is InChI=1S/C22H36N2O3S/c1-15(2)28(25,26)24-20-9-7-18(8-10-20)13-23-21-11-12-22(17(4)16(21)3)27-14-19-5-6-19/h11-12,15,18-20,23-24H,5-10,13-14H2,1-4H3/t18-,20-. The van der Waals surface area contributed by atoms with Crippen molar-refractivity contribution in [2.24, 2.45) is 11.8 Å². The molecule has 0 aliphatic heterocycles. The molecule has 0 radical (unpaired) electrons. The monoisotopic (exact) mass is 408 g/mol. The molecule has 0 bridgehead atoms. The Morgan fingerprint density at radius 1 is 1.00 bits per heavy atom. The van der Waals surface area contributed by atoms with Gasteiger partial charge in [-0.1, -0.05) is 0 Å². The van der Waals surface area contributed by atoms with Crippen molar-refractivity contribution >= 4 is 15.7 Å². The van der Waals surface area contributed by atoms with E-state index in [-0.39, 0.29) is 11.3 Å². The minimum absolute atomic E-state index is 0.0931. The molecule has 3 rings (SSSR count). The molecule has 2 aliphatic carbocycles. The minimum atomic E-state index is -3.17. The maximum absolute atomic E-state index is 12.0. The molecule has 0 unspecified atom stereocenters. The second-order valence-electron chi connectivity index (χ2n) is 8.93. The van der Waals surface area contributed by atoms with Crippen molar-refractivity contribution in [1.82, 2.24) is 4.72 Å². The summed E-state index contributed by atoms with van der Waals surface area (Å²) < 4.78 is 32.9. The van der Waals surface area contributed by atoms with Gasteiger partial charge in [-0.05, 0) is 101 Å². The highest BCUT2D eigenvalue weighted by Crippen LogP contribution is 2.33. The lowest BCUT2D eigenvalue weighted by molar-refractivity contribution is 0.297. The molecule has 158 valence electrons. The Kier molecular flexibility index (Phi) is 6.92. The topological polar surface area (TPSA) is 67.4 Å². The maximum atomic E-state index is 12.0. The summed E-state index contributed by atoms with van der Waals surface area (Å²) >= 11 is 0. The lowest BCUT2D eigenvalue weighted by atomic mass is 9.86. The quantitative estimate of drug-likeness (QED) is 0.636. The molecule has 1 aromatic carbocycles. The van der Waals surface area contributed by atoms with Crippen molar-refractivity contribution in [3.8, 4) is 5.75 Å². The molecule has 0 amide bonds. The molecule has 6 heteroatoms. The molecule has 0 aromatic heterocycles. The normalized spacial score (nSPS) is 23.0. The summed E-state index contributed by atoms with van der Waals surface area (Å²) in [5.41, 5.74) is 3.66. The fraction of sp³-hybridized carbons (Fsp3) is 0.727. The lowest BCUT2D eigenvalue weighted by Gasteiger charge is -2.30. The Balaban J connectivity index is 1.46. The average Bonchev–Trinajstić information content (AvgIpc) is 3.47. The lowest BCUT2D eigenvalue weighted by Crippen LogP contribution is -2.41. The van der Waals surface area contributed by atoms with Gasteiger partial charge in [0.1, 0.15) is 5.75 Å². The number of nitrogens with one attached hydrogen (secondary N) is 2. The maximum Gasteiger partial charge on any atom is 0.214 e. The molecule has 0 heterocycles. The molecule has 2 fully saturated rings. The number of rotatable bonds is 9. The van der Waals surface area contributed by atoms with Crippen LogP contribution in [0.5, 0.6) is 5.75 Å². The van der Waals surface area contributed by atoms with Crippen molar-refractivity contribution in [3.63, 3.8) is 0 Å². The summed E-state index contributed by atoms with van der Waals surface area (Å²) in [5, 5.41) is 3.25. The highest BCUT2D eigenvalue weighted by molar-refractivity contribution is 7.90. The van der Waals surface area contributed by atoms with E-state index in [0.29, 0.717) is 5.92 Å². The highest BCUT2D eigenvalue weighted by atomic mass is 32.2. The van der Waals surface area contributed by atoms with E-state index in [1.54, 1.807) is 13.8 Å². The highest BCUT2D eigenvalue weighted by Gasteiger charge is 2.26. The number of hydrogen-bond donors (Lipinski definition) is 2. The third-order valence-electron chi connectivity index (χ3n) is 6.29. The van der Waals surface area contributed by atoms with Gasteiger partial charge in [0.15, 0.2) is 0 Å². The first-order chi connectivity index (χ1) is 13.3. The van der Waals surface area contributed by atoms with Crippen LogP contribution in [0.4, 0.5) is 5.69 Å². The number of benzene rings is 1. The molecule has 2 aliphatic rings. The van der Waals surface area contributed by atoms with Gasteiger partial charge < -0.3 is 10.1 Å². The molecular formula is C22H36N2O3S. The first-order valence-electron chi connectivity index (χ1n) is 10.7. The number of sulfonamides is 1. The third-order valence-corrected chi connectivity index (χ3v) is 8.19. The Labute approximate surface area is 170 Å². The zero-order chi connectivity index (χ0) is 20.3. The van der Waals surface area contributed by atoms with Crippen LogP contribution in [0.2, 0.25) is 0 Å². The van der Waals surface area contributed by atoms with E-state index in [2.05, 4.69) is 36.0 Å². The predicted molar refractivity (Wildman–Crippen MR) is 116 cm³/mol. The SMILES string of the molecule is Cc1c(NC[C@H]2CC[C@H](NS(=O)(=O)C(C)C)CC2)ccc(OCC2CC2)c1C. The second-order valence-corrected chi connectivity index (χ2v) is 11.2. The predicted octanol–water partition coefficient (Wildman–Crippen LogP) is 4.39. The van der Waals surface area contributed by atoms with Crippen LogP contribution in [0, 0.1) is 25.7 Å². The Bertz CT molecular complexity index is 764. The summed E-state index contributed by atoms with van der Waals surface area (Å²) in [7, 11) is -3.17. The molecule has 0 saturated heterocycles. The molecule has 2 N–H and O–H groups in total. The number of ether oxygens (including phenoxy) is 1. The molecule has 5 nitrogen and oxygen atoms in total. The van der Waals surface area contributed by atoms with Crippen LogP contribution in [-0.4, -0.2) is 32.9 Å². The van der Waals surface area contributed by atoms with Gasteiger partial charge >= 0.3 is 0 Å². The molecule has 1 aromatic rings. The van der Waals surface area contributed by atoms with Gasteiger partial charge in [0.2, 0.25) is 10.0 Å². The fourth-order valence-electron chi connectivity index (χ4n) is 3.74. The Morgan fingerprint density at radius 3 is 2.25 bits per heavy atom. The molecule has 0 atom stereocenters. The van der Waals surface area contributed by atoms with E-state index in [0.717, 1.165) is 50.5 Å². The average molecular weight is 409 g/mol. The number of anilines is 1. The summed E-state index contributed by atoms with van der Waals surface area (Å²) in [6.45, 7) is 9.52. The van der Waals surface area contributed by atoms with Crippen molar-refractivity contribution in [1.29, 1.82) is 0 Å². The summed E-state index contributed by atoms with van der Waals surface area (Å²) in [5.74, 6) is 2.36. The summed E-state index contributed by atoms with van der Waals surface area (Å²) in [6, 6.07) is 4.31. The first-order valence-corrected chi connectivity index (χ1v) is 12.3. The van der Waals surface area contributed by atoms with E-state index in [1.807, 2.05) is 0 Å². The fourth-order valence-corrected chi connectivity index (χ4v) is 4.72. The third kappa shape index (κ3) is 5.63. The van der Waals surface area contributed by atoms with Crippen molar-refractivity contribution < 1.29 is 13.2 Å². The van der Waals surface area contributed by atoms with E-state index in [1.165, 1.54) is 29.7 Å². The second kappa shape index (κ2) is 9.04. The van der Waals surface area contributed by atoms with Crippen molar-refractivity contribution in [2.45, 2.75) is 77.5 Å². The van der Waals surface area contributed by atoms with Gasteiger partial charge in [0, 0.05) is 18.3 Å². The van der Waals surface area contributed by atoms with Crippen LogP contribution < -0.4 is 14.8 Å². The zero-order valence-electron chi connectivity index (χ0n) is 17.8. The summed E-state index contributed by atoms with van der Waals surface area (Å²) in [6.07, 6.45) is 6.56. The van der Waals surface area contributed by atoms with Gasteiger partial charge in [0.05, 0.1) is 11.9 Å². The minimum Gasteiger partial charge on any atom is -0.493 e.